The Balaban J connectivity index is 2.29. The molecule has 6 atom stereocenters. The Kier molecular flexibility index (Phi) is 17.6. The van der Waals surface area contributed by atoms with Gasteiger partial charge in [-0.05, 0) is 42.9 Å². The van der Waals surface area contributed by atoms with Crippen LogP contribution in [0.5, 0.6) is 0 Å². The van der Waals surface area contributed by atoms with Crippen molar-refractivity contribution in [3.63, 3.8) is 0 Å². The van der Waals surface area contributed by atoms with Crippen LogP contribution in [0.15, 0.2) is 18.6 Å². The summed E-state index contributed by atoms with van der Waals surface area (Å²) in [6.07, 6.45) is 9.94. The molecule has 0 bridgehead atoms. The second kappa shape index (κ2) is 21.1. The summed E-state index contributed by atoms with van der Waals surface area (Å²) in [5, 5.41) is 22.7. The van der Waals surface area contributed by atoms with E-state index in [2.05, 4.69) is 36.6 Å². The van der Waals surface area contributed by atoms with E-state index in [0.717, 1.165) is 32.1 Å². The standard InChI is InChI=1S/C36H57N7O8/c1-8-22(7)29(43-32(46)25(17-20(3)4)40-33(47)27-19-37-15-16-38-27)34(48)41-26(18-23-13-11-10-12-14-23)31(45)39-24(9-2)30(44)35(49)42-28(21(5)6)36(50)51/h15-16,19-26,28-29H,8-14,17-18H2,1-7H3,(H,39,45)(H,40,47)(H,41,48)(H,42,49)(H,43,46)(H,50,51)/t22-,24-,25-,26-,28-,29-/m0/s1. The predicted octanol–water partition coefficient (Wildman–Crippen LogP) is 2.30. The summed E-state index contributed by atoms with van der Waals surface area (Å²) in [5.41, 5.74) is 0.0369. The van der Waals surface area contributed by atoms with Gasteiger partial charge in [-0.1, -0.05) is 87.0 Å². The monoisotopic (exact) mass is 715 g/mol. The number of aliphatic carboxylic acids is 1. The van der Waals surface area contributed by atoms with Crippen LogP contribution >= 0.6 is 0 Å². The number of carboxylic acids is 1. The van der Waals surface area contributed by atoms with Crippen molar-refractivity contribution < 1.29 is 38.7 Å². The van der Waals surface area contributed by atoms with Gasteiger partial charge < -0.3 is 31.7 Å². The molecule has 2 rings (SSSR count). The van der Waals surface area contributed by atoms with Crippen LogP contribution in [0.3, 0.4) is 0 Å². The van der Waals surface area contributed by atoms with E-state index in [0.29, 0.717) is 6.42 Å². The van der Waals surface area contributed by atoms with Crippen molar-refractivity contribution in [3.8, 4) is 0 Å². The van der Waals surface area contributed by atoms with Crippen molar-refractivity contribution in [2.45, 2.75) is 136 Å². The van der Waals surface area contributed by atoms with Crippen LogP contribution in [0.4, 0.5) is 0 Å². The molecule has 0 radical (unpaired) electrons. The maximum Gasteiger partial charge on any atom is 0.326 e. The van der Waals surface area contributed by atoms with E-state index in [1.165, 1.54) is 18.6 Å². The molecule has 1 aromatic rings. The van der Waals surface area contributed by atoms with Crippen LogP contribution in [-0.2, 0) is 28.8 Å². The van der Waals surface area contributed by atoms with Gasteiger partial charge in [-0.25, -0.2) is 9.78 Å². The van der Waals surface area contributed by atoms with E-state index in [1.807, 2.05) is 20.8 Å². The van der Waals surface area contributed by atoms with E-state index < -0.39 is 77.4 Å². The van der Waals surface area contributed by atoms with Gasteiger partial charge in [-0.2, -0.15) is 0 Å². The van der Waals surface area contributed by atoms with E-state index in [9.17, 15) is 38.7 Å². The summed E-state index contributed by atoms with van der Waals surface area (Å²) in [5.74, 6) is -6.55. The number of nitrogens with one attached hydrogen (secondary N) is 5. The average Bonchev–Trinajstić information content (AvgIpc) is 3.10. The van der Waals surface area contributed by atoms with Crippen molar-refractivity contribution in [3.05, 3.63) is 24.3 Å². The molecule has 1 heterocycles. The van der Waals surface area contributed by atoms with Crippen molar-refractivity contribution in [1.82, 2.24) is 36.6 Å². The first-order valence-electron chi connectivity index (χ1n) is 18.1. The molecular formula is C36H57N7O8. The number of aromatic nitrogens is 2. The Labute approximate surface area is 300 Å². The zero-order chi connectivity index (χ0) is 38.2. The third kappa shape index (κ3) is 13.7. The number of ketones is 1. The zero-order valence-corrected chi connectivity index (χ0v) is 31.0. The highest BCUT2D eigenvalue weighted by Gasteiger charge is 2.36. The number of rotatable bonds is 20. The fourth-order valence-corrected chi connectivity index (χ4v) is 6.07. The zero-order valence-electron chi connectivity index (χ0n) is 31.0. The molecule has 6 N–H and O–H groups in total. The highest BCUT2D eigenvalue weighted by molar-refractivity contribution is 6.38. The quantitative estimate of drug-likeness (QED) is 0.108. The van der Waals surface area contributed by atoms with E-state index in [1.54, 1.807) is 27.7 Å². The lowest BCUT2D eigenvalue weighted by Gasteiger charge is -2.31. The molecule has 0 spiro atoms. The first kappa shape index (κ1) is 42.7. The van der Waals surface area contributed by atoms with Crippen LogP contribution in [0.2, 0.25) is 0 Å². The van der Waals surface area contributed by atoms with Crippen molar-refractivity contribution >= 4 is 41.3 Å². The molecule has 0 aromatic carbocycles. The van der Waals surface area contributed by atoms with Gasteiger partial charge in [0, 0.05) is 12.4 Å². The second-order valence-electron chi connectivity index (χ2n) is 14.3. The SMILES string of the molecule is CC[C@H](NC(=O)[C@H](CC1CCCCC1)NC(=O)[C@@H](NC(=O)[C@H](CC(C)C)NC(=O)c1cnccn1)[C@@H](C)CC)C(=O)C(=O)N[C@H](C(=O)O)C(C)C. The number of carboxylic acid groups (broad SMARTS) is 1. The Morgan fingerprint density at radius 3 is 1.90 bits per heavy atom. The summed E-state index contributed by atoms with van der Waals surface area (Å²) >= 11 is 0. The van der Waals surface area contributed by atoms with Gasteiger partial charge in [0.05, 0.1) is 12.2 Å². The molecule has 284 valence electrons. The van der Waals surface area contributed by atoms with Crippen LogP contribution in [0, 0.1) is 23.7 Å². The summed E-state index contributed by atoms with van der Waals surface area (Å²) in [4.78, 5) is 99.7. The molecule has 0 saturated heterocycles. The molecule has 1 aliphatic carbocycles. The van der Waals surface area contributed by atoms with Crippen molar-refractivity contribution in [1.29, 1.82) is 0 Å². The first-order valence-corrected chi connectivity index (χ1v) is 18.1. The molecule has 1 fully saturated rings. The number of Topliss-reactive ketones (excluding diaryl/α,β-unsaturated/α-hetero) is 1. The minimum absolute atomic E-state index is 0.0130. The molecule has 15 heteroatoms. The van der Waals surface area contributed by atoms with E-state index in [4.69, 9.17) is 0 Å². The number of amides is 5. The van der Waals surface area contributed by atoms with Crippen LogP contribution in [0.25, 0.3) is 0 Å². The molecule has 0 aliphatic heterocycles. The molecule has 1 aliphatic rings. The highest BCUT2D eigenvalue weighted by Crippen LogP contribution is 2.27. The molecule has 1 aromatic heterocycles. The maximum atomic E-state index is 14.0. The molecule has 5 amide bonds. The van der Waals surface area contributed by atoms with Crippen LogP contribution in [-0.4, -0.2) is 86.6 Å². The Morgan fingerprint density at radius 1 is 0.745 bits per heavy atom. The lowest BCUT2D eigenvalue weighted by Crippen LogP contribution is -2.60. The third-order valence-electron chi connectivity index (χ3n) is 9.33. The van der Waals surface area contributed by atoms with Gasteiger partial charge in [0.25, 0.3) is 11.8 Å². The number of hydrogen-bond donors (Lipinski definition) is 6. The average molecular weight is 716 g/mol. The maximum absolute atomic E-state index is 14.0. The fraction of sp³-hybridized carbons (Fsp3) is 0.694. The van der Waals surface area contributed by atoms with Gasteiger partial charge in [0.1, 0.15) is 29.9 Å². The molecular weight excluding hydrogens is 658 g/mol. The Hall–Kier alpha value is -4.43. The van der Waals surface area contributed by atoms with Gasteiger partial charge in [-0.3, -0.25) is 33.8 Å². The minimum Gasteiger partial charge on any atom is -0.480 e. The number of carbonyl (C=O) groups is 7. The number of nitrogens with zero attached hydrogens (tertiary/aromatic N) is 2. The number of carbonyl (C=O) groups excluding carboxylic acids is 6. The van der Waals surface area contributed by atoms with Crippen LogP contribution < -0.4 is 26.6 Å². The molecule has 0 unspecified atom stereocenters. The molecule has 51 heavy (non-hydrogen) atoms. The summed E-state index contributed by atoms with van der Waals surface area (Å²) in [6, 6.07) is -5.69. The highest BCUT2D eigenvalue weighted by atomic mass is 16.4. The second-order valence-corrected chi connectivity index (χ2v) is 14.3. The smallest absolute Gasteiger partial charge is 0.326 e. The Bertz CT molecular complexity index is 1350. The van der Waals surface area contributed by atoms with Crippen molar-refractivity contribution in [2.24, 2.45) is 23.7 Å². The lowest BCUT2D eigenvalue weighted by molar-refractivity contribution is -0.146. The van der Waals surface area contributed by atoms with Crippen LogP contribution in [0.1, 0.15) is 117 Å². The normalized spacial score (nSPS) is 16.9. The predicted molar refractivity (Wildman–Crippen MR) is 189 cm³/mol. The molecule has 15 nitrogen and oxygen atoms in total. The largest absolute Gasteiger partial charge is 0.480 e. The number of hydrogen-bond acceptors (Lipinski definition) is 9. The summed E-state index contributed by atoms with van der Waals surface area (Å²) in [6.45, 7) is 12.2. The lowest BCUT2D eigenvalue weighted by atomic mass is 9.84. The summed E-state index contributed by atoms with van der Waals surface area (Å²) < 4.78 is 0. The topological polar surface area (TPSA) is 226 Å². The van der Waals surface area contributed by atoms with Gasteiger partial charge in [0.15, 0.2) is 0 Å². The van der Waals surface area contributed by atoms with Crippen molar-refractivity contribution in [2.75, 3.05) is 0 Å². The Morgan fingerprint density at radius 2 is 1.37 bits per heavy atom. The van der Waals surface area contributed by atoms with E-state index >= 15 is 0 Å². The third-order valence-corrected chi connectivity index (χ3v) is 9.33. The van der Waals surface area contributed by atoms with Gasteiger partial charge >= 0.3 is 5.97 Å². The first-order chi connectivity index (χ1) is 24.1. The minimum atomic E-state index is -1.29. The van der Waals surface area contributed by atoms with Gasteiger partial charge in [0.2, 0.25) is 23.5 Å². The fourth-order valence-electron chi connectivity index (χ4n) is 6.07. The van der Waals surface area contributed by atoms with E-state index in [-0.39, 0.29) is 42.7 Å². The van der Waals surface area contributed by atoms with Gasteiger partial charge in [-0.15, -0.1) is 0 Å². The summed E-state index contributed by atoms with van der Waals surface area (Å²) in [7, 11) is 0. The molecule has 1 saturated carbocycles.